The third-order valence-electron chi connectivity index (χ3n) is 3.45. The van der Waals surface area contributed by atoms with E-state index < -0.39 is 5.41 Å². The van der Waals surface area contributed by atoms with Crippen molar-refractivity contribution in [1.29, 1.82) is 0 Å². The van der Waals surface area contributed by atoms with E-state index in [1.807, 2.05) is 38.1 Å². The highest BCUT2D eigenvalue weighted by Gasteiger charge is 2.30. The van der Waals surface area contributed by atoms with Gasteiger partial charge in [0.05, 0.1) is 5.41 Å². The van der Waals surface area contributed by atoms with E-state index in [4.69, 9.17) is 11.6 Å². The van der Waals surface area contributed by atoms with Crippen LogP contribution in [-0.2, 0) is 10.2 Å². The van der Waals surface area contributed by atoms with E-state index in [-0.39, 0.29) is 11.9 Å². The molecule has 0 aromatic heterocycles. The topological polar surface area (TPSA) is 29.1 Å². The molecular weight excluding hydrogens is 246 g/mol. The average molecular weight is 268 g/mol. The second kappa shape index (κ2) is 6.24. The standard InChI is InChI=1S/C15H22ClNO/c1-5-13(6-2)17-14(18)15(3,4)11-7-9-12(16)10-8-11/h7-10,13H,5-6H2,1-4H3,(H,17,18). The van der Waals surface area contributed by atoms with Crippen molar-refractivity contribution >= 4 is 17.5 Å². The van der Waals surface area contributed by atoms with Crippen LogP contribution in [0.1, 0.15) is 46.1 Å². The van der Waals surface area contributed by atoms with E-state index in [0.717, 1.165) is 18.4 Å². The van der Waals surface area contributed by atoms with Crippen molar-refractivity contribution < 1.29 is 4.79 Å². The summed E-state index contributed by atoms with van der Waals surface area (Å²) in [6.45, 7) is 8.05. The first-order chi connectivity index (χ1) is 8.41. The minimum Gasteiger partial charge on any atom is -0.353 e. The van der Waals surface area contributed by atoms with Gasteiger partial charge < -0.3 is 5.32 Å². The third kappa shape index (κ3) is 3.49. The fourth-order valence-corrected chi connectivity index (χ4v) is 1.98. The van der Waals surface area contributed by atoms with Crippen LogP contribution >= 0.6 is 11.6 Å². The molecule has 1 aromatic rings. The molecule has 3 heteroatoms. The highest BCUT2D eigenvalue weighted by atomic mass is 35.5. The summed E-state index contributed by atoms with van der Waals surface area (Å²) in [4.78, 5) is 12.3. The Morgan fingerprint density at radius 1 is 1.22 bits per heavy atom. The van der Waals surface area contributed by atoms with Crippen LogP contribution < -0.4 is 5.32 Å². The number of carbonyl (C=O) groups excluding carboxylic acids is 1. The van der Waals surface area contributed by atoms with Crippen molar-refractivity contribution in [2.45, 2.75) is 52.0 Å². The SMILES string of the molecule is CCC(CC)NC(=O)C(C)(C)c1ccc(Cl)cc1. The van der Waals surface area contributed by atoms with Gasteiger partial charge in [-0.25, -0.2) is 0 Å². The lowest BCUT2D eigenvalue weighted by Gasteiger charge is -2.27. The van der Waals surface area contributed by atoms with Gasteiger partial charge in [0.15, 0.2) is 0 Å². The maximum atomic E-state index is 12.3. The number of hydrogen-bond donors (Lipinski definition) is 1. The highest BCUT2D eigenvalue weighted by Crippen LogP contribution is 2.25. The summed E-state index contributed by atoms with van der Waals surface area (Å²) in [5.74, 6) is 0.0681. The summed E-state index contributed by atoms with van der Waals surface area (Å²) < 4.78 is 0. The molecule has 0 unspecified atom stereocenters. The van der Waals surface area contributed by atoms with Crippen LogP contribution in [0.2, 0.25) is 5.02 Å². The van der Waals surface area contributed by atoms with Crippen LogP contribution in [-0.4, -0.2) is 11.9 Å². The molecule has 0 bridgehead atoms. The first-order valence-electron chi connectivity index (χ1n) is 6.48. The largest absolute Gasteiger partial charge is 0.353 e. The zero-order chi connectivity index (χ0) is 13.8. The number of amides is 1. The molecule has 0 fully saturated rings. The van der Waals surface area contributed by atoms with Crippen molar-refractivity contribution in [3.8, 4) is 0 Å². The molecule has 1 amide bonds. The number of nitrogens with one attached hydrogen (secondary N) is 1. The van der Waals surface area contributed by atoms with Gasteiger partial charge in [-0.1, -0.05) is 37.6 Å². The molecule has 0 saturated carbocycles. The van der Waals surface area contributed by atoms with E-state index >= 15 is 0 Å². The Morgan fingerprint density at radius 3 is 2.17 bits per heavy atom. The molecule has 1 aromatic carbocycles. The van der Waals surface area contributed by atoms with Crippen LogP contribution in [0, 0.1) is 0 Å². The predicted octanol–water partition coefficient (Wildman–Crippen LogP) is 3.92. The van der Waals surface area contributed by atoms with E-state index in [1.165, 1.54) is 0 Å². The van der Waals surface area contributed by atoms with Crippen molar-refractivity contribution in [2.24, 2.45) is 0 Å². The molecule has 0 spiro atoms. The Labute approximate surface area is 115 Å². The van der Waals surface area contributed by atoms with Crippen LogP contribution in [0.25, 0.3) is 0 Å². The first-order valence-corrected chi connectivity index (χ1v) is 6.86. The summed E-state index contributed by atoms with van der Waals surface area (Å²) in [7, 11) is 0. The van der Waals surface area contributed by atoms with Crippen molar-refractivity contribution in [3.63, 3.8) is 0 Å². The van der Waals surface area contributed by atoms with Crippen LogP contribution in [0.3, 0.4) is 0 Å². The lowest BCUT2D eigenvalue weighted by Crippen LogP contribution is -2.44. The third-order valence-corrected chi connectivity index (χ3v) is 3.71. The zero-order valence-corrected chi connectivity index (χ0v) is 12.3. The van der Waals surface area contributed by atoms with Gasteiger partial charge in [0, 0.05) is 11.1 Å². The summed E-state index contributed by atoms with van der Waals surface area (Å²) >= 11 is 5.87. The lowest BCUT2D eigenvalue weighted by atomic mass is 9.83. The van der Waals surface area contributed by atoms with E-state index in [2.05, 4.69) is 19.2 Å². The number of halogens is 1. The second-order valence-corrected chi connectivity index (χ2v) is 5.56. The molecule has 0 aliphatic heterocycles. The van der Waals surface area contributed by atoms with E-state index in [1.54, 1.807) is 0 Å². The molecule has 0 radical (unpaired) electrons. The summed E-state index contributed by atoms with van der Waals surface area (Å²) in [6.07, 6.45) is 1.91. The highest BCUT2D eigenvalue weighted by molar-refractivity contribution is 6.30. The van der Waals surface area contributed by atoms with E-state index in [9.17, 15) is 4.79 Å². The smallest absolute Gasteiger partial charge is 0.230 e. The molecule has 0 saturated heterocycles. The minimum atomic E-state index is -0.535. The minimum absolute atomic E-state index is 0.0681. The quantitative estimate of drug-likeness (QED) is 0.861. The van der Waals surface area contributed by atoms with Crippen LogP contribution in [0.4, 0.5) is 0 Å². The maximum Gasteiger partial charge on any atom is 0.230 e. The van der Waals surface area contributed by atoms with Crippen molar-refractivity contribution in [3.05, 3.63) is 34.9 Å². The van der Waals surface area contributed by atoms with Gasteiger partial charge in [-0.15, -0.1) is 0 Å². The zero-order valence-electron chi connectivity index (χ0n) is 11.6. The Bertz CT molecular complexity index is 393. The Hall–Kier alpha value is -1.02. The first kappa shape index (κ1) is 15.0. The lowest BCUT2D eigenvalue weighted by molar-refractivity contribution is -0.126. The number of carbonyl (C=O) groups is 1. The molecule has 18 heavy (non-hydrogen) atoms. The number of rotatable bonds is 5. The second-order valence-electron chi connectivity index (χ2n) is 5.12. The normalized spacial score (nSPS) is 11.7. The number of hydrogen-bond acceptors (Lipinski definition) is 1. The van der Waals surface area contributed by atoms with Gasteiger partial charge in [0.2, 0.25) is 5.91 Å². The maximum absolute atomic E-state index is 12.3. The molecule has 0 aliphatic carbocycles. The van der Waals surface area contributed by atoms with Crippen molar-refractivity contribution in [2.75, 3.05) is 0 Å². The van der Waals surface area contributed by atoms with Gasteiger partial charge >= 0.3 is 0 Å². The molecule has 0 heterocycles. The molecule has 1 rings (SSSR count). The van der Waals surface area contributed by atoms with Crippen LogP contribution in [0.15, 0.2) is 24.3 Å². The summed E-state index contributed by atoms with van der Waals surface area (Å²) in [6, 6.07) is 7.72. The summed E-state index contributed by atoms with van der Waals surface area (Å²) in [5, 5.41) is 3.79. The summed E-state index contributed by atoms with van der Waals surface area (Å²) in [5.41, 5.74) is 0.447. The van der Waals surface area contributed by atoms with Crippen molar-refractivity contribution in [1.82, 2.24) is 5.32 Å². The number of benzene rings is 1. The van der Waals surface area contributed by atoms with Gasteiger partial charge in [-0.2, -0.15) is 0 Å². The molecule has 0 atom stereocenters. The van der Waals surface area contributed by atoms with Gasteiger partial charge in [-0.3, -0.25) is 4.79 Å². The fourth-order valence-electron chi connectivity index (χ4n) is 1.86. The Morgan fingerprint density at radius 2 is 1.72 bits per heavy atom. The average Bonchev–Trinajstić information content (AvgIpc) is 2.36. The molecular formula is C15H22ClNO. The van der Waals surface area contributed by atoms with Gasteiger partial charge in [-0.05, 0) is 44.4 Å². The molecule has 100 valence electrons. The molecule has 2 nitrogen and oxygen atoms in total. The van der Waals surface area contributed by atoms with Gasteiger partial charge in [0.25, 0.3) is 0 Å². The fraction of sp³-hybridized carbons (Fsp3) is 0.533. The monoisotopic (exact) mass is 267 g/mol. The van der Waals surface area contributed by atoms with E-state index in [0.29, 0.717) is 5.02 Å². The molecule has 1 N–H and O–H groups in total. The van der Waals surface area contributed by atoms with Gasteiger partial charge in [0.1, 0.15) is 0 Å². The van der Waals surface area contributed by atoms with Crippen LogP contribution in [0.5, 0.6) is 0 Å². The Kier molecular flexibility index (Phi) is 5.21. The molecule has 0 aliphatic rings. The predicted molar refractivity (Wildman–Crippen MR) is 77.0 cm³/mol. The Balaban J connectivity index is 2.85.